The molecule has 0 unspecified atom stereocenters. The Bertz CT molecular complexity index is 1300. The Morgan fingerprint density at radius 1 is 1.09 bits per heavy atom. The summed E-state index contributed by atoms with van der Waals surface area (Å²) < 4.78 is 7.52. The lowest BCUT2D eigenvalue weighted by atomic mass is 10.2. The lowest BCUT2D eigenvalue weighted by Gasteiger charge is -2.27. The van der Waals surface area contributed by atoms with Crippen molar-refractivity contribution in [2.24, 2.45) is 0 Å². The van der Waals surface area contributed by atoms with Crippen LogP contribution in [0.5, 0.6) is 0 Å². The molecular weight excluding hydrogens is 450 g/mol. The van der Waals surface area contributed by atoms with Gasteiger partial charge in [-0.05, 0) is 36.8 Å². The van der Waals surface area contributed by atoms with Crippen LogP contribution in [0, 0.1) is 0 Å². The Morgan fingerprint density at radius 2 is 1.88 bits per heavy atom. The topological polar surface area (TPSA) is 93.3 Å². The minimum atomic E-state index is -0.266. The summed E-state index contributed by atoms with van der Waals surface area (Å²) in [6.45, 7) is 2.43. The first kappa shape index (κ1) is 22.0. The first-order valence-corrected chi connectivity index (χ1v) is 11.9. The molecule has 1 N–H and O–H groups in total. The average molecular weight is 474 g/mol. The van der Waals surface area contributed by atoms with E-state index in [4.69, 9.17) is 4.42 Å². The highest BCUT2D eigenvalue weighted by molar-refractivity contribution is 7.99. The van der Waals surface area contributed by atoms with E-state index < -0.39 is 0 Å². The SMILES string of the molecule is C[C@H]1CC(=O)Nc2ccccc2N1C(=O)CSc1nnc(-c2ccco2)n1Cc1ccccc1. The van der Waals surface area contributed by atoms with Gasteiger partial charge in [-0.25, -0.2) is 0 Å². The van der Waals surface area contributed by atoms with E-state index in [2.05, 4.69) is 15.5 Å². The summed E-state index contributed by atoms with van der Waals surface area (Å²) in [6.07, 6.45) is 1.83. The van der Waals surface area contributed by atoms with Gasteiger partial charge in [0.1, 0.15) is 0 Å². The number of thioether (sulfide) groups is 1. The van der Waals surface area contributed by atoms with Crippen LogP contribution in [-0.4, -0.2) is 38.4 Å². The summed E-state index contributed by atoms with van der Waals surface area (Å²) in [7, 11) is 0. The van der Waals surface area contributed by atoms with Crippen molar-refractivity contribution < 1.29 is 14.0 Å². The van der Waals surface area contributed by atoms with Crippen molar-refractivity contribution in [2.75, 3.05) is 16.0 Å². The third-order valence-electron chi connectivity index (χ3n) is 5.59. The number of carbonyl (C=O) groups is 2. The zero-order valence-electron chi connectivity index (χ0n) is 18.5. The van der Waals surface area contributed by atoms with Gasteiger partial charge in [-0.3, -0.25) is 14.2 Å². The first-order valence-electron chi connectivity index (χ1n) is 10.9. The van der Waals surface area contributed by atoms with E-state index in [1.165, 1.54) is 11.8 Å². The molecule has 34 heavy (non-hydrogen) atoms. The zero-order valence-corrected chi connectivity index (χ0v) is 19.4. The minimum absolute atomic E-state index is 0.102. The highest BCUT2D eigenvalue weighted by Gasteiger charge is 2.30. The Morgan fingerprint density at radius 3 is 2.68 bits per heavy atom. The van der Waals surface area contributed by atoms with Crippen molar-refractivity contribution in [1.29, 1.82) is 0 Å². The van der Waals surface area contributed by atoms with Crippen molar-refractivity contribution >= 4 is 35.0 Å². The van der Waals surface area contributed by atoms with Gasteiger partial charge in [0.2, 0.25) is 17.6 Å². The molecule has 8 nitrogen and oxygen atoms in total. The number of hydrogen-bond donors (Lipinski definition) is 1. The lowest BCUT2D eigenvalue weighted by Crippen LogP contribution is -2.40. The van der Waals surface area contributed by atoms with E-state index in [0.29, 0.717) is 34.7 Å². The molecule has 9 heteroatoms. The smallest absolute Gasteiger partial charge is 0.237 e. The third-order valence-corrected chi connectivity index (χ3v) is 6.55. The maximum atomic E-state index is 13.4. The number of benzene rings is 2. The summed E-state index contributed by atoms with van der Waals surface area (Å²) in [5.74, 6) is 1.16. The van der Waals surface area contributed by atoms with E-state index >= 15 is 0 Å². The fourth-order valence-corrected chi connectivity index (χ4v) is 4.85. The maximum Gasteiger partial charge on any atom is 0.237 e. The van der Waals surface area contributed by atoms with Gasteiger partial charge in [0.25, 0.3) is 0 Å². The molecule has 2 aromatic heterocycles. The largest absolute Gasteiger partial charge is 0.461 e. The Labute approximate surface area is 201 Å². The van der Waals surface area contributed by atoms with Gasteiger partial charge in [-0.1, -0.05) is 54.2 Å². The first-order chi connectivity index (χ1) is 16.6. The molecule has 4 aromatic rings. The van der Waals surface area contributed by atoms with Crippen LogP contribution in [0.3, 0.4) is 0 Å². The van der Waals surface area contributed by atoms with Crippen molar-refractivity contribution in [2.45, 2.75) is 31.1 Å². The molecule has 1 atom stereocenters. The molecule has 1 aliphatic rings. The standard InChI is InChI=1S/C25H23N5O3S/c1-17-14-22(31)26-19-10-5-6-11-20(19)30(17)23(32)16-34-25-28-27-24(21-12-7-13-33-21)29(25)15-18-8-3-2-4-9-18/h2-13,17H,14-16H2,1H3,(H,26,31)/t17-/m0/s1. The molecule has 5 rings (SSSR count). The van der Waals surface area contributed by atoms with Gasteiger partial charge in [0, 0.05) is 12.5 Å². The van der Waals surface area contributed by atoms with Crippen LogP contribution in [0.2, 0.25) is 0 Å². The van der Waals surface area contributed by atoms with E-state index in [0.717, 1.165) is 5.56 Å². The monoisotopic (exact) mass is 473 g/mol. The Balaban J connectivity index is 1.41. The second-order valence-electron chi connectivity index (χ2n) is 8.03. The van der Waals surface area contributed by atoms with E-state index in [9.17, 15) is 9.59 Å². The van der Waals surface area contributed by atoms with Crippen LogP contribution in [0.4, 0.5) is 11.4 Å². The number of furan rings is 1. The fourth-order valence-electron chi connectivity index (χ4n) is 4.06. The average Bonchev–Trinajstić information content (AvgIpc) is 3.47. The number of anilines is 2. The number of hydrogen-bond acceptors (Lipinski definition) is 6. The number of aromatic nitrogens is 3. The molecule has 172 valence electrons. The molecule has 0 fully saturated rings. The number of nitrogens with zero attached hydrogens (tertiary/aromatic N) is 4. The molecule has 2 amide bonds. The van der Waals surface area contributed by atoms with Crippen molar-refractivity contribution in [3.8, 4) is 11.6 Å². The predicted molar refractivity (Wildman–Crippen MR) is 131 cm³/mol. The molecule has 0 spiro atoms. The maximum absolute atomic E-state index is 13.4. The second kappa shape index (κ2) is 9.56. The van der Waals surface area contributed by atoms with Gasteiger partial charge in [0.15, 0.2) is 10.9 Å². The van der Waals surface area contributed by atoms with Gasteiger partial charge < -0.3 is 14.6 Å². The molecule has 0 saturated carbocycles. The predicted octanol–water partition coefficient (Wildman–Crippen LogP) is 4.44. The molecule has 1 aliphatic heterocycles. The summed E-state index contributed by atoms with van der Waals surface area (Å²) in [6, 6.07) is 20.7. The molecule has 0 aliphatic carbocycles. The number of rotatable bonds is 6. The number of carbonyl (C=O) groups excluding carboxylic acids is 2. The highest BCUT2D eigenvalue weighted by atomic mass is 32.2. The number of fused-ring (bicyclic) bond motifs is 1. The van der Waals surface area contributed by atoms with Gasteiger partial charge >= 0.3 is 0 Å². The van der Waals surface area contributed by atoms with Crippen LogP contribution < -0.4 is 10.2 Å². The van der Waals surface area contributed by atoms with E-state index in [1.54, 1.807) is 17.2 Å². The molecule has 3 heterocycles. The van der Waals surface area contributed by atoms with Gasteiger partial charge in [-0.15, -0.1) is 10.2 Å². The van der Waals surface area contributed by atoms with E-state index in [-0.39, 0.29) is 30.0 Å². The number of para-hydroxylation sites is 2. The number of nitrogens with one attached hydrogen (secondary N) is 1. The van der Waals surface area contributed by atoms with Crippen LogP contribution >= 0.6 is 11.8 Å². The second-order valence-corrected chi connectivity index (χ2v) is 8.97. The summed E-state index contributed by atoms with van der Waals surface area (Å²) in [5.41, 5.74) is 2.43. The summed E-state index contributed by atoms with van der Waals surface area (Å²) in [5, 5.41) is 12.2. The Kier molecular flexibility index (Phi) is 6.18. The van der Waals surface area contributed by atoms with Crippen molar-refractivity contribution in [3.05, 3.63) is 78.6 Å². The highest BCUT2D eigenvalue weighted by Crippen LogP contribution is 2.33. The van der Waals surface area contributed by atoms with Crippen LogP contribution in [0.25, 0.3) is 11.6 Å². The normalized spacial score (nSPS) is 15.5. The lowest BCUT2D eigenvalue weighted by molar-refractivity contribution is -0.117. The molecule has 0 radical (unpaired) electrons. The van der Waals surface area contributed by atoms with E-state index in [1.807, 2.05) is 72.2 Å². The summed E-state index contributed by atoms with van der Waals surface area (Å²) in [4.78, 5) is 27.4. The van der Waals surface area contributed by atoms with Crippen LogP contribution in [-0.2, 0) is 16.1 Å². The van der Waals surface area contributed by atoms with Gasteiger partial charge in [0.05, 0.1) is 29.9 Å². The molecular formula is C25H23N5O3S. The third kappa shape index (κ3) is 4.47. The van der Waals surface area contributed by atoms with Crippen molar-refractivity contribution in [3.63, 3.8) is 0 Å². The van der Waals surface area contributed by atoms with Crippen molar-refractivity contribution in [1.82, 2.24) is 14.8 Å². The van der Waals surface area contributed by atoms with Crippen LogP contribution in [0.15, 0.2) is 82.6 Å². The molecule has 0 bridgehead atoms. The quantitative estimate of drug-likeness (QED) is 0.416. The molecule has 2 aromatic carbocycles. The number of amides is 2. The molecule has 0 saturated heterocycles. The van der Waals surface area contributed by atoms with Gasteiger partial charge in [-0.2, -0.15) is 0 Å². The minimum Gasteiger partial charge on any atom is -0.461 e. The zero-order chi connectivity index (χ0) is 23.5. The Hall–Kier alpha value is -3.85. The summed E-state index contributed by atoms with van der Waals surface area (Å²) >= 11 is 1.32. The van der Waals surface area contributed by atoms with Crippen LogP contribution in [0.1, 0.15) is 18.9 Å². The fraction of sp³-hybridized carbons (Fsp3) is 0.200.